The molecular weight excluding hydrogens is 603 g/mol. The molecule has 3 heterocycles. The fourth-order valence-corrected chi connectivity index (χ4v) is 7.18. The number of anilines is 1. The molecule has 3 aromatic rings. The SMILES string of the molecule is CCC1CC(N(Cc2cc(Cl)cc(Cl)c2)c2ncc(-c3cnn(C)c3)cn2)CC(CC)N1C(=O)OC1CCC(C(=O)O)CC1. The second-order valence-corrected chi connectivity index (χ2v) is 12.8. The number of aromatic nitrogens is 4. The number of halogens is 2. The lowest BCUT2D eigenvalue weighted by molar-refractivity contribution is -0.143. The number of amides is 1. The Morgan fingerprint density at radius 2 is 1.57 bits per heavy atom. The maximum absolute atomic E-state index is 13.6. The van der Waals surface area contributed by atoms with Crippen LogP contribution >= 0.6 is 23.2 Å². The molecule has 12 heteroatoms. The normalized spacial score (nSPS) is 23.8. The number of aliphatic carboxylic acids is 1. The highest BCUT2D eigenvalue weighted by Gasteiger charge is 2.41. The number of hydrogen-bond acceptors (Lipinski definition) is 7. The van der Waals surface area contributed by atoms with Gasteiger partial charge in [-0.25, -0.2) is 14.8 Å². The van der Waals surface area contributed by atoms with Gasteiger partial charge in [-0.2, -0.15) is 5.10 Å². The Balaban J connectivity index is 1.38. The number of rotatable bonds is 9. The van der Waals surface area contributed by atoms with E-state index < -0.39 is 5.97 Å². The van der Waals surface area contributed by atoms with Gasteiger partial charge in [0.1, 0.15) is 6.10 Å². The van der Waals surface area contributed by atoms with Gasteiger partial charge in [-0.1, -0.05) is 37.0 Å². The van der Waals surface area contributed by atoms with Crippen LogP contribution in [0.2, 0.25) is 10.0 Å². The highest BCUT2D eigenvalue weighted by atomic mass is 35.5. The molecule has 236 valence electrons. The van der Waals surface area contributed by atoms with Crippen molar-refractivity contribution in [1.29, 1.82) is 0 Å². The zero-order valence-electron chi connectivity index (χ0n) is 25.4. The number of nitrogens with zero attached hydrogens (tertiary/aromatic N) is 6. The summed E-state index contributed by atoms with van der Waals surface area (Å²) in [5.74, 6) is -0.530. The number of carbonyl (C=O) groups is 2. The summed E-state index contributed by atoms with van der Waals surface area (Å²) in [6, 6.07) is 5.49. The maximum Gasteiger partial charge on any atom is 0.410 e. The molecule has 2 unspecified atom stereocenters. The van der Waals surface area contributed by atoms with E-state index in [1.807, 2.05) is 42.7 Å². The van der Waals surface area contributed by atoms with Gasteiger partial charge in [-0.05, 0) is 75.1 Å². The summed E-state index contributed by atoms with van der Waals surface area (Å²) >= 11 is 12.8. The van der Waals surface area contributed by atoms with E-state index in [9.17, 15) is 14.7 Å². The number of carboxylic acids is 1. The molecule has 44 heavy (non-hydrogen) atoms. The Morgan fingerprint density at radius 1 is 0.955 bits per heavy atom. The molecule has 5 rings (SSSR count). The van der Waals surface area contributed by atoms with Crippen LogP contribution in [0.1, 0.15) is 70.8 Å². The van der Waals surface area contributed by atoms with E-state index >= 15 is 0 Å². The second kappa shape index (κ2) is 14.2. The zero-order chi connectivity index (χ0) is 31.4. The summed E-state index contributed by atoms with van der Waals surface area (Å²) in [4.78, 5) is 38.7. The van der Waals surface area contributed by atoms with E-state index in [0.717, 1.165) is 42.4 Å². The molecule has 0 spiro atoms. The van der Waals surface area contributed by atoms with E-state index in [-0.39, 0.29) is 36.2 Å². The molecule has 1 aromatic carbocycles. The molecule has 1 saturated carbocycles. The summed E-state index contributed by atoms with van der Waals surface area (Å²) in [5, 5.41) is 14.7. The number of ether oxygens (including phenoxy) is 1. The fourth-order valence-electron chi connectivity index (χ4n) is 6.61. The van der Waals surface area contributed by atoms with E-state index in [4.69, 9.17) is 37.9 Å². The van der Waals surface area contributed by atoms with Crippen LogP contribution in [0.15, 0.2) is 43.0 Å². The molecule has 2 aliphatic rings. The number of piperidine rings is 1. The first-order valence-corrected chi connectivity index (χ1v) is 16.1. The van der Waals surface area contributed by atoms with Crippen LogP contribution in [0.3, 0.4) is 0 Å². The van der Waals surface area contributed by atoms with Gasteiger partial charge in [0, 0.05) is 71.5 Å². The number of carboxylic acid groups (broad SMARTS) is 1. The van der Waals surface area contributed by atoms with Gasteiger partial charge in [0.15, 0.2) is 0 Å². The lowest BCUT2D eigenvalue weighted by atomic mass is 9.87. The summed E-state index contributed by atoms with van der Waals surface area (Å²) in [7, 11) is 1.87. The van der Waals surface area contributed by atoms with Crippen LogP contribution in [0.5, 0.6) is 0 Å². The maximum atomic E-state index is 13.6. The van der Waals surface area contributed by atoms with Gasteiger partial charge in [0.05, 0.1) is 12.1 Å². The average molecular weight is 644 g/mol. The molecule has 0 bridgehead atoms. The summed E-state index contributed by atoms with van der Waals surface area (Å²) in [6.45, 7) is 4.69. The lowest BCUT2D eigenvalue weighted by Crippen LogP contribution is -2.57. The van der Waals surface area contributed by atoms with Crippen LogP contribution in [0.25, 0.3) is 11.1 Å². The van der Waals surface area contributed by atoms with Gasteiger partial charge < -0.3 is 19.6 Å². The first-order chi connectivity index (χ1) is 21.1. The minimum absolute atomic E-state index is 0.0401. The van der Waals surface area contributed by atoms with Crippen molar-refractivity contribution in [3.63, 3.8) is 0 Å². The molecule has 1 amide bonds. The zero-order valence-corrected chi connectivity index (χ0v) is 26.9. The Hall–Kier alpha value is -3.37. The fraction of sp³-hybridized carbons (Fsp3) is 0.531. The third-order valence-corrected chi connectivity index (χ3v) is 9.41. The van der Waals surface area contributed by atoms with E-state index in [1.165, 1.54) is 0 Å². The quantitative estimate of drug-likeness (QED) is 0.266. The highest BCUT2D eigenvalue weighted by molar-refractivity contribution is 6.34. The van der Waals surface area contributed by atoms with E-state index in [0.29, 0.717) is 48.2 Å². The minimum Gasteiger partial charge on any atom is -0.481 e. The van der Waals surface area contributed by atoms with Crippen molar-refractivity contribution < 1.29 is 19.4 Å². The molecule has 1 saturated heterocycles. The third-order valence-electron chi connectivity index (χ3n) is 8.97. The highest BCUT2D eigenvalue weighted by Crippen LogP contribution is 2.35. The molecule has 2 aromatic heterocycles. The Labute approximate surface area is 268 Å². The van der Waals surface area contributed by atoms with Crippen molar-refractivity contribution in [2.45, 2.75) is 96.0 Å². The molecular formula is C32H40Cl2N6O4. The molecule has 0 radical (unpaired) electrons. The first kappa shape index (κ1) is 32.0. The van der Waals surface area contributed by atoms with Crippen molar-refractivity contribution in [2.24, 2.45) is 13.0 Å². The number of likely N-dealkylation sites (tertiary alicyclic amines) is 1. The molecule has 2 fully saturated rings. The monoisotopic (exact) mass is 642 g/mol. The number of carbonyl (C=O) groups excluding carboxylic acids is 1. The third kappa shape index (κ3) is 7.46. The van der Waals surface area contributed by atoms with Crippen molar-refractivity contribution in [3.05, 3.63) is 58.6 Å². The summed E-state index contributed by atoms with van der Waals surface area (Å²) in [6.07, 6.45) is 12.0. The van der Waals surface area contributed by atoms with Gasteiger partial charge in [0.25, 0.3) is 0 Å². The van der Waals surface area contributed by atoms with Crippen LogP contribution in [0.4, 0.5) is 10.7 Å². The van der Waals surface area contributed by atoms with Crippen molar-refractivity contribution in [1.82, 2.24) is 24.6 Å². The van der Waals surface area contributed by atoms with E-state index in [2.05, 4.69) is 23.8 Å². The van der Waals surface area contributed by atoms with Gasteiger partial charge in [-0.3, -0.25) is 9.48 Å². The topological polar surface area (TPSA) is 114 Å². The van der Waals surface area contributed by atoms with Crippen molar-refractivity contribution in [3.8, 4) is 11.1 Å². The standard InChI is InChI=1S/C32H40Cl2N6O4/c1-4-26-13-28(14-27(5-2)40(26)32(43)44-29-8-6-21(7-9-29)30(41)42)39(18-20-10-24(33)12-25(34)11-20)31-35-15-22(16-36-31)23-17-37-38(3)19-23/h10-12,15-17,19,21,26-29H,4-9,13-14,18H2,1-3H3,(H,41,42). The first-order valence-electron chi connectivity index (χ1n) is 15.4. The Bertz CT molecular complexity index is 1410. The minimum atomic E-state index is -0.769. The molecule has 2 atom stereocenters. The van der Waals surface area contributed by atoms with Crippen LogP contribution < -0.4 is 4.90 Å². The number of hydrogen-bond donors (Lipinski definition) is 1. The molecule has 1 N–H and O–H groups in total. The van der Waals surface area contributed by atoms with Crippen molar-refractivity contribution >= 4 is 41.2 Å². The largest absolute Gasteiger partial charge is 0.481 e. The molecule has 1 aliphatic heterocycles. The molecule has 10 nitrogen and oxygen atoms in total. The van der Waals surface area contributed by atoms with Crippen LogP contribution in [-0.2, 0) is 23.1 Å². The van der Waals surface area contributed by atoms with Crippen LogP contribution in [0, 0.1) is 5.92 Å². The van der Waals surface area contributed by atoms with E-state index in [1.54, 1.807) is 16.9 Å². The predicted molar refractivity (Wildman–Crippen MR) is 170 cm³/mol. The van der Waals surface area contributed by atoms with Crippen molar-refractivity contribution in [2.75, 3.05) is 4.90 Å². The van der Waals surface area contributed by atoms with Gasteiger partial charge >= 0.3 is 12.1 Å². The average Bonchev–Trinajstić information content (AvgIpc) is 3.45. The van der Waals surface area contributed by atoms with Gasteiger partial charge in [0.2, 0.25) is 5.95 Å². The summed E-state index contributed by atoms with van der Waals surface area (Å²) < 4.78 is 7.75. The number of aryl methyl sites for hydroxylation is 1. The Morgan fingerprint density at radius 3 is 2.09 bits per heavy atom. The lowest BCUT2D eigenvalue weighted by Gasteiger charge is -2.47. The Kier molecular flexibility index (Phi) is 10.3. The van der Waals surface area contributed by atoms with Gasteiger partial charge in [-0.15, -0.1) is 0 Å². The second-order valence-electron chi connectivity index (χ2n) is 11.9. The van der Waals surface area contributed by atoms with Crippen LogP contribution in [-0.4, -0.2) is 66.0 Å². The summed E-state index contributed by atoms with van der Waals surface area (Å²) in [5.41, 5.74) is 2.76. The molecule has 1 aliphatic carbocycles. The predicted octanol–water partition coefficient (Wildman–Crippen LogP) is 6.99. The number of benzene rings is 1. The smallest absolute Gasteiger partial charge is 0.410 e.